The second-order valence-electron chi connectivity index (χ2n) is 12.7. The van der Waals surface area contributed by atoms with E-state index in [1.807, 2.05) is 36.1 Å². The first-order chi connectivity index (χ1) is 22.8. The third-order valence-corrected chi connectivity index (χ3v) is 9.83. The number of pyridine rings is 1. The standard InChI is InChI=1S/C36H44F3N5O3S/c1-5-33(28-17-25(3)18-30(20-28)36(37,38)39)44(35-40-21-31(22-41-35)47-15-16-48(4,45)46)24-29-19-27-13-9-10-14-32(27)42-34(29)43(6-2)23-26-11-7-8-12-26/h9-10,13-14,17-22,26,33H,5-8,11-12,15-16,23-24H2,1-4H3. The van der Waals surface area contributed by atoms with E-state index in [0.29, 0.717) is 35.2 Å². The van der Waals surface area contributed by atoms with Crippen LogP contribution in [0.3, 0.4) is 0 Å². The predicted molar refractivity (Wildman–Crippen MR) is 184 cm³/mol. The number of anilines is 2. The Morgan fingerprint density at radius 2 is 1.73 bits per heavy atom. The SMILES string of the molecule is CCC(c1cc(C)cc(C(F)(F)F)c1)N(Cc1cc2ccccc2nc1N(CC)CC1CCCC1)c1ncc(OCCS(C)(=O)=O)cn1. The lowest BCUT2D eigenvalue weighted by atomic mass is 9.97. The Balaban J connectivity index is 1.59. The van der Waals surface area contributed by atoms with Crippen LogP contribution in [-0.4, -0.2) is 55.1 Å². The summed E-state index contributed by atoms with van der Waals surface area (Å²) in [4.78, 5) is 18.6. The summed E-state index contributed by atoms with van der Waals surface area (Å²) >= 11 is 0. The largest absolute Gasteiger partial charge is 0.489 e. The molecule has 0 spiro atoms. The highest BCUT2D eigenvalue weighted by atomic mass is 32.2. The average molecular weight is 684 g/mol. The first-order valence-electron chi connectivity index (χ1n) is 16.6. The van der Waals surface area contributed by atoms with E-state index < -0.39 is 27.6 Å². The average Bonchev–Trinajstić information content (AvgIpc) is 3.56. The number of nitrogens with zero attached hydrogens (tertiary/aromatic N) is 5. The van der Waals surface area contributed by atoms with Crippen LogP contribution in [0.1, 0.15) is 74.2 Å². The van der Waals surface area contributed by atoms with Crippen molar-refractivity contribution in [2.45, 2.75) is 71.6 Å². The summed E-state index contributed by atoms with van der Waals surface area (Å²) < 4.78 is 70.7. The molecule has 2 aromatic heterocycles. The van der Waals surface area contributed by atoms with Gasteiger partial charge in [0.15, 0.2) is 15.6 Å². The number of ether oxygens (including phenoxy) is 1. The van der Waals surface area contributed by atoms with Crippen LogP contribution < -0.4 is 14.5 Å². The van der Waals surface area contributed by atoms with Gasteiger partial charge >= 0.3 is 6.18 Å². The van der Waals surface area contributed by atoms with Crippen LogP contribution in [0, 0.1) is 12.8 Å². The fourth-order valence-electron chi connectivity index (χ4n) is 6.56. The van der Waals surface area contributed by atoms with E-state index in [9.17, 15) is 21.6 Å². The smallest absolute Gasteiger partial charge is 0.416 e. The number of para-hydroxylation sites is 1. The van der Waals surface area contributed by atoms with Crippen LogP contribution in [0.5, 0.6) is 5.75 Å². The normalized spacial score (nSPS) is 14.7. The molecule has 8 nitrogen and oxygen atoms in total. The van der Waals surface area contributed by atoms with E-state index in [1.165, 1.54) is 44.1 Å². The van der Waals surface area contributed by atoms with Gasteiger partial charge in [0.05, 0.1) is 41.8 Å². The lowest BCUT2D eigenvalue weighted by Crippen LogP contribution is -2.33. The van der Waals surface area contributed by atoms with E-state index >= 15 is 0 Å². The number of hydrogen-bond acceptors (Lipinski definition) is 8. The molecule has 1 unspecified atom stereocenters. The zero-order chi connectivity index (χ0) is 34.5. The molecule has 0 amide bonds. The predicted octanol–water partition coefficient (Wildman–Crippen LogP) is 7.95. The van der Waals surface area contributed by atoms with Gasteiger partial charge in [-0.2, -0.15) is 13.2 Å². The van der Waals surface area contributed by atoms with E-state index in [0.717, 1.165) is 47.7 Å². The van der Waals surface area contributed by atoms with Crippen LogP contribution in [0.4, 0.5) is 24.9 Å². The number of aryl methyl sites for hydroxylation is 1. The van der Waals surface area contributed by atoms with Crippen molar-refractivity contribution in [1.29, 1.82) is 0 Å². The van der Waals surface area contributed by atoms with Crippen molar-refractivity contribution in [1.82, 2.24) is 15.0 Å². The molecule has 258 valence electrons. The first kappa shape index (κ1) is 35.4. The van der Waals surface area contributed by atoms with Crippen molar-refractivity contribution in [3.63, 3.8) is 0 Å². The number of fused-ring (bicyclic) bond motifs is 1. The molecule has 0 saturated heterocycles. The van der Waals surface area contributed by atoms with Gasteiger partial charge in [-0.25, -0.2) is 23.4 Å². The van der Waals surface area contributed by atoms with E-state index in [4.69, 9.17) is 9.72 Å². The topological polar surface area (TPSA) is 88.5 Å². The molecular formula is C36H44F3N5O3S. The quantitative estimate of drug-likeness (QED) is 0.132. The molecule has 2 heterocycles. The van der Waals surface area contributed by atoms with Crippen molar-refractivity contribution in [3.8, 4) is 5.75 Å². The maximum atomic E-state index is 14.0. The molecule has 2 aromatic carbocycles. The maximum Gasteiger partial charge on any atom is 0.416 e. The summed E-state index contributed by atoms with van der Waals surface area (Å²) in [5.41, 5.74) is 2.12. The Morgan fingerprint density at radius 1 is 1.02 bits per heavy atom. The monoisotopic (exact) mass is 683 g/mol. The lowest BCUT2D eigenvalue weighted by Gasteiger charge is -2.34. The fraction of sp³-hybridized carbons (Fsp3) is 0.472. The van der Waals surface area contributed by atoms with E-state index in [-0.39, 0.29) is 18.9 Å². The minimum absolute atomic E-state index is 0.0493. The van der Waals surface area contributed by atoms with Crippen LogP contribution in [0.15, 0.2) is 60.9 Å². The second kappa shape index (κ2) is 15.1. The molecule has 0 N–H and O–H groups in total. The molecule has 4 aromatic rings. The minimum atomic E-state index is -4.50. The molecule has 48 heavy (non-hydrogen) atoms. The minimum Gasteiger partial charge on any atom is -0.489 e. The van der Waals surface area contributed by atoms with Crippen molar-refractivity contribution in [3.05, 3.63) is 83.2 Å². The summed E-state index contributed by atoms with van der Waals surface area (Å²) in [6.45, 7) is 7.61. The highest BCUT2D eigenvalue weighted by Gasteiger charge is 2.33. The van der Waals surface area contributed by atoms with Crippen molar-refractivity contribution in [2.75, 3.05) is 41.5 Å². The van der Waals surface area contributed by atoms with Crippen molar-refractivity contribution < 1.29 is 26.3 Å². The molecule has 1 aliphatic carbocycles. The molecule has 0 radical (unpaired) electrons. The highest BCUT2D eigenvalue weighted by Crippen LogP contribution is 2.37. The molecule has 12 heteroatoms. The van der Waals surface area contributed by atoms with Gasteiger partial charge in [-0.3, -0.25) is 0 Å². The van der Waals surface area contributed by atoms with Crippen LogP contribution in [0.2, 0.25) is 0 Å². The molecule has 1 saturated carbocycles. The van der Waals surface area contributed by atoms with Gasteiger partial charge in [-0.05, 0) is 68.9 Å². The fourth-order valence-corrected chi connectivity index (χ4v) is 6.95. The highest BCUT2D eigenvalue weighted by molar-refractivity contribution is 7.90. The summed E-state index contributed by atoms with van der Waals surface area (Å²) in [5, 5.41) is 0.964. The second-order valence-corrected chi connectivity index (χ2v) is 15.0. The molecule has 1 atom stereocenters. The number of benzene rings is 2. The van der Waals surface area contributed by atoms with Gasteiger partial charge in [0.1, 0.15) is 12.4 Å². The molecular weight excluding hydrogens is 639 g/mol. The summed E-state index contributed by atoms with van der Waals surface area (Å²) in [5.74, 6) is 1.89. The van der Waals surface area contributed by atoms with Crippen molar-refractivity contribution in [2.24, 2.45) is 5.92 Å². The van der Waals surface area contributed by atoms with E-state index in [2.05, 4.69) is 27.9 Å². The summed E-state index contributed by atoms with van der Waals surface area (Å²) in [6.07, 6.45) is 4.89. The summed E-state index contributed by atoms with van der Waals surface area (Å²) in [7, 11) is -3.21. The van der Waals surface area contributed by atoms with Gasteiger partial charge in [0.2, 0.25) is 5.95 Å². The van der Waals surface area contributed by atoms with E-state index in [1.54, 1.807) is 13.0 Å². The number of alkyl halides is 3. The van der Waals surface area contributed by atoms with Crippen LogP contribution in [0.25, 0.3) is 10.9 Å². The Hall–Kier alpha value is -3.93. The number of hydrogen-bond donors (Lipinski definition) is 0. The zero-order valence-electron chi connectivity index (χ0n) is 28.0. The maximum absolute atomic E-state index is 14.0. The molecule has 0 bridgehead atoms. The van der Waals surface area contributed by atoms with Crippen LogP contribution >= 0.6 is 0 Å². The Morgan fingerprint density at radius 3 is 2.38 bits per heavy atom. The molecule has 5 rings (SSSR count). The van der Waals surface area contributed by atoms with Gasteiger partial charge in [0, 0.05) is 30.3 Å². The number of rotatable bonds is 14. The molecule has 0 aliphatic heterocycles. The molecule has 1 aliphatic rings. The zero-order valence-corrected chi connectivity index (χ0v) is 28.8. The number of sulfone groups is 1. The molecule has 1 fully saturated rings. The number of halogens is 3. The van der Waals surface area contributed by atoms with Gasteiger partial charge in [0.25, 0.3) is 0 Å². The Kier molecular flexibility index (Phi) is 11.1. The Bertz CT molecular complexity index is 1800. The van der Waals surface area contributed by atoms with Gasteiger partial charge in [-0.1, -0.05) is 49.6 Å². The van der Waals surface area contributed by atoms with Gasteiger partial charge in [-0.15, -0.1) is 0 Å². The van der Waals surface area contributed by atoms with Crippen molar-refractivity contribution >= 4 is 32.5 Å². The van der Waals surface area contributed by atoms with Crippen LogP contribution in [-0.2, 0) is 22.6 Å². The lowest BCUT2D eigenvalue weighted by molar-refractivity contribution is -0.137. The van der Waals surface area contributed by atoms with Gasteiger partial charge < -0.3 is 14.5 Å². The first-order valence-corrected chi connectivity index (χ1v) is 18.6. The number of aromatic nitrogens is 3. The summed E-state index contributed by atoms with van der Waals surface area (Å²) in [6, 6.07) is 13.7. The third-order valence-electron chi connectivity index (χ3n) is 8.92. The Labute approximate surface area is 281 Å². The third kappa shape index (κ3) is 8.94.